The van der Waals surface area contributed by atoms with Crippen LogP contribution in [0.4, 0.5) is 8.78 Å². The fourth-order valence-corrected chi connectivity index (χ4v) is 1.13. The Morgan fingerprint density at radius 1 is 1.15 bits per heavy atom. The molecule has 0 N–H and O–H groups in total. The Hall–Kier alpha value is -1.43. The molecule has 0 bridgehead atoms. The average molecular weight is 181 g/mol. The number of rotatable bonds is 3. The van der Waals surface area contributed by atoms with E-state index in [1.165, 1.54) is 12.1 Å². The third-order valence-electron chi connectivity index (χ3n) is 1.68. The van der Waals surface area contributed by atoms with Crippen LogP contribution in [0.3, 0.4) is 0 Å². The summed E-state index contributed by atoms with van der Waals surface area (Å²) < 4.78 is 25.3. The number of nitriles is 1. The second-order valence-corrected chi connectivity index (χ2v) is 2.79. The summed E-state index contributed by atoms with van der Waals surface area (Å²) in [5.74, 6) is -1.13. The third-order valence-corrected chi connectivity index (χ3v) is 1.68. The van der Waals surface area contributed by atoms with E-state index in [1.807, 2.05) is 6.07 Å². The first-order chi connectivity index (χ1) is 6.22. The molecule has 0 aliphatic carbocycles. The molecule has 3 heteroatoms. The Kier molecular flexibility index (Phi) is 3.39. The molecular formula is C10H9F2N. The molecule has 13 heavy (non-hydrogen) atoms. The molecule has 0 aliphatic rings. The zero-order valence-electron chi connectivity index (χ0n) is 7.06. The second-order valence-electron chi connectivity index (χ2n) is 2.79. The van der Waals surface area contributed by atoms with Crippen LogP contribution in [0, 0.1) is 23.0 Å². The molecule has 0 fully saturated rings. The molecule has 0 amide bonds. The van der Waals surface area contributed by atoms with Crippen LogP contribution in [0.25, 0.3) is 0 Å². The van der Waals surface area contributed by atoms with Crippen molar-refractivity contribution in [1.82, 2.24) is 0 Å². The largest absolute Gasteiger partial charge is 0.207 e. The van der Waals surface area contributed by atoms with Crippen molar-refractivity contribution >= 4 is 0 Å². The Labute approximate surface area is 75.6 Å². The van der Waals surface area contributed by atoms with E-state index in [1.54, 1.807) is 0 Å². The van der Waals surface area contributed by atoms with E-state index in [9.17, 15) is 8.78 Å². The van der Waals surface area contributed by atoms with Crippen LogP contribution in [0.5, 0.6) is 0 Å². The molecule has 0 saturated carbocycles. The SMILES string of the molecule is N#CCCCc1cc(F)cc(F)c1. The van der Waals surface area contributed by atoms with Gasteiger partial charge in [-0.15, -0.1) is 0 Å². The minimum Gasteiger partial charge on any atom is -0.207 e. The van der Waals surface area contributed by atoms with Crippen LogP contribution in [-0.4, -0.2) is 0 Å². The molecule has 0 spiro atoms. The van der Waals surface area contributed by atoms with Gasteiger partial charge in [0.15, 0.2) is 0 Å². The lowest BCUT2D eigenvalue weighted by atomic mass is 10.1. The van der Waals surface area contributed by atoms with Crippen molar-refractivity contribution in [3.05, 3.63) is 35.4 Å². The van der Waals surface area contributed by atoms with Crippen molar-refractivity contribution in [2.75, 3.05) is 0 Å². The number of benzene rings is 1. The lowest BCUT2D eigenvalue weighted by Crippen LogP contribution is -1.88. The summed E-state index contributed by atoms with van der Waals surface area (Å²) in [5.41, 5.74) is 0.604. The second kappa shape index (κ2) is 4.56. The van der Waals surface area contributed by atoms with E-state index in [4.69, 9.17) is 5.26 Å². The molecule has 0 aromatic heterocycles. The minimum absolute atomic E-state index is 0.415. The molecule has 1 nitrogen and oxygen atoms in total. The fourth-order valence-electron chi connectivity index (χ4n) is 1.13. The van der Waals surface area contributed by atoms with Crippen LogP contribution < -0.4 is 0 Å². The van der Waals surface area contributed by atoms with E-state index in [2.05, 4.69) is 0 Å². The van der Waals surface area contributed by atoms with Gasteiger partial charge in [0.1, 0.15) is 11.6 Å². The van der Waals surface area contributed by atoms with Crippen molar-refractivity contribution in [2.45, 2.75) is 19.3 Å². The normalized spacial score (nSPS) is 9.62. The molecule has 1 aromatic rings. The highest BCUT2D eigenvalue weighted by Gasteiger charge is 1.99. The standard InChI is InChI=1S/C10H9F2N/c11-9-5-8(3-1-2-4-13)6-10(12)7-9/h5-7H,1-3H2. The lowest BCUT2D eigenvalue weighted by Gasteiger charge is -1.99. The first-order valence-corrected chi connectivity index (χ1v) is 4.04. The van der Waals surface area contributed by atoms with Crippen molar-refractivity contribution in [3.63, 3.8) is 0 Å². The van der Waals surface area contributed by atoms with Crippen LogP contribution in [0.1, 0.15) is 18.4 Å². The maximum absolute atomic E-state index is 12.6. The number of hydrogen-bond donors (Lipinski definition) is 0. The third kappa shape index (κ3) is 3.20. The van der Waals surface area contributed by atoms with Crippen molar-refractivity contribution in [2.24, 2.45) is 0 Å². The summed E-state index contributed by atoms with van der Waals surface area (Å²) in [6.07, 6.45) is 1.60. The summed E-state index contributed by atoms with van der Waals surface area (Å²) in [6.45, 7) is 0. The molecule has 0 atom stereocenters. The molecule has 1 aromatic carbocycles. The van der Waals surface area contributed by atoms with Gasteiger partial charge in [0.25, 0.3) is 0 Å². The minimum atomic E-state index is -0.563. The smallest absolute Gasteiger partial charge is 0.126 e. The van der Waals surface area contributed by atoms with Gasteiger partial charge >= 0.3 is 0 Å². The summed E-state index contributed by atoms with van der Waals surface area (Å²) in [6, 6.07) is 5.40. The van der Waals surface area contributed by atoms with Gasteiger partial charge in [-0.1, -0.05) is 0 Å². The van der Waals surface area contributed by atoms with Crippen molar-refractivity contribution in [3.8, 4) is 6.07 Å². The van der Waals surface area contributed by atoms with Gasteiger partial charge in [-0.25, -0.2) is 8.78 Å². The highest BCUT2D eigenvalue weighted by Crippen LogP contribution is 2.10. The summed E-state index contributed by atoms with van der Waals surface area (Å²) >= 11 is 0. The van der Waals surface area contributed by atoms with Crippen LogP contribution in [-0.2, 0) is 6.42 Å². The zero-order chi connectivity index (χ0) is 9.68. The molecule has 68 valence electrons. The van der Waals surface area contributed by atoms with E-state index in [0.29, 0.717) is 24.8 Å². The van der Waals surface area contributed by atoms with Crippen molar-refractivity contribution in [1.29, 1.82) is 5.26 Å². The van der Waals surface area contributed by atoms with Gasteiger partial charge in [0.2, 0.25) is 0 Å². The fraction of sp³-hybridized carbons (Fsp3) is 0.300. The highest BCUT2D eigenvalue weighted by molar-refractivity contribution is 5.17. The predicted octanol–water partition coefficient (Wildman–Crippen LogP) is 2.81. The monoisotopic (exact) mass is 181 g/mol. The molecule has 1 rings (SSSR count). The van der Waals surface area contributed by atoms with Gasteiger partial charge in [0, 0.05) is 12.5 Å². The molecule has 0 radical (unpaired) electrons. The summed E-state index contributed by atoms with van der Waals surface area (Å²) in [5, 5.41) is 8.26. The van der Waals surface area contributed by atoms with E-state index < -0.39 is 11.6 Å². The summed E-state index contributed by atoms with van der Waals surface area (Å²) in [7, 11) is 0. The number of halogens is 2. The van der Waals surface area contributed by atoms with E-state index in [-0.39, 0.29) is 0 Å². The number of hydrogen-bond acceptors (Lipinski definition) is 1. The number of unbranched alkanes of at least 4 members (excludes halogenated alkanes) is 1. The highest BCUT2D eigenvalue weighted by atomic mass is 19.1. The maximum atomic E-state index is 12.6. The zero-order valence-corrected chi connectivity index (χ0v) is 7.06. The van der Waals surface area contributed by atoms with Crippen LogP contribution in [0.15, 0.2) is 18.2 Å². The quantitative estimate of drug-likeness (QED) is 0.658. The van der Waals surface area contributed by atoms with Gasteiger partial charge in [0.05, 0.1) is 6.07 Å². The first-order valence-electron chi connectivity index (χ1n) is 4.04. The van der Waals surface area contributed by atoms with Crippen LogP contribution in [0.2, 0.25) is 0 Å². The first kappa shape index (κ1) is 9.66. The van der Waals surface area contributed by atoms with E-state index in [0.717, 1.165) is 6.07 Å². The Balaban J connectivity index is 2.62. The molecular weight excluding hydrogens is 172 g/mol. The van der Waals surface area contributed by atoms with Gasteiger partial charge in [-0.3, -0.25) is 0 Å². The van der Waals surface area contributed by atoms with Gasteiger partial charge in [-0.2, -0.15) is 5.26 Å². The van der Waals surface area contributed by atoms with Gasteiger partial charge in [-0.05, 0) is 30.5 Å². The maximum Gasteiger partial charge on any atom is 0.126 e. The number of aryl methyl sites for hydroxylation is 1. The predicted molar refractivity (Wildman–Crippen MR) is 44.9 cm³/mol. The Bertz CT molecular complexity index is 308. The average Bonchev–Trinajstić information content (AvgIpc) is 2.03. The number of nitrogens with zero attached hydrogens (tertiary/aromatic N) is 1. The Morgan fingerprint density at radius 3 is 2.31 bits per heavy atom. The Morgan fingerprint density at radius 2 is 1.77 bits per heavy atom. The van der Waals surface area contributed by atoms with Crippen molar-refractivity contribution < 1.29 is 8.78 Å². The van der Waals surface area contributed by atoms with Crippen LogP contribution >= 0.6 is 0 Å². The molecule has 0 unspecified atom stereocenters. The molecule has 0 saturated heterocycles. The van der Waals surface area contributed by atoms with Gasteiger partial charge < -0.3 is 0 Å². The summed E-state index contributed by atoms with van der Waals surface area (Å²) in [4.78, 5) is 0. The lowest BCUT2D eigenvalue weighted by molar-refractivity contribution is 0.579. The van der Waals surface area contributed by atoms with E-state index >= 15 is 0 Å². The molecule has 0 aliphatic heterocycles. The topological polar surface area (TPSA) is 23.8 Å². The molecule has 0 heterocycles.